The van der Waals surface area contributed by atoms with Crippen molar-refractivity contribution < 1.29 is 18.7 Å². The maximum atomic E-state index is 12.1. The van der Waals surface area contributed by atoms with E-state index in [0.717, 1.165) is 12.8 Å². The summed E-state index contributed by atoms with van der Waals surface area (Å²) in [6, 6.07) is 10.8. The van der Waals surface area contributed by atoms with Gasteiger partial charge in [-0.05, 0) is 43.0 Å². The van der Waals surface area contributed by atoms with Gasteiger partial charge in [-0.15, -0.1) is 12.4 Å². The Labute approximate surface area is 153 Å². The molecule has 1 saturated carbocycles. The number of benzene rings is 1. The second kappa shape index (κ2) is 8.78. The van der Waals surface area contributed by atoms with Crippen LogP contribution in [0.4, 0.5) is 0 Å². The fourth-order valence-corrected chi connectivity index (χ4v) is 2.45. The second-order valence-corrected chi connectivity index (χ2v) is 5.92. The first-order valence-corrected chi connectivity index (χ1v) is 8.05. The number of carbonyl (C=O) groups is 1. The zero-order chi connectivity index (χ0) is 16.9. The van der Waals surface area contributed by atoms with Crippen LogP contribution in [0.3, 0.4) is 0 Å². The van der Waals surface area contributed by atoms with E-state index < -0.39 is 0 Å². The number of nitrogens with one attached hydrogen (secondary N) is 1. The summed E-state index contributed by atoms with van der Waals surface area (Å²) in [7, 11) is 1.59. The minimum Gasteiger partial charge on any atom is -0.493 e. The van der Waals surface area contributed by atoms with Gasteiger partial charge < -0.3 is 24.9 Å². The zero-order valence-electron chi connectivity index (χ0n) is 14.1. The first-order valence-electron chi connectivity index (χ1n) is 8.05. The molecule has 1 fully saturated rings. The minimum atomic E-state index is -0.255. The van der Waals surface area contributed by atoms with Gasteiger partial charge in [0.25, 0.3) is 5.91 Å². The summed E-state index contributed by atoms with van der Waals surface area (Å²) in [5.41, 5.74) is 5.97. The minimum absolute atomic E-state index is 0. The van der Waals surface area contributed by atoms with Gasteiger partial charge in [-0.2, -0.15) is 0 Å². The molecule has 136 valence electrons. The summed E-state index contributed by atoms with van der Waals surface area (Å²) in [5.74, 6) is 2.39. The quantitative estimate of drug-likeness (QED) is 0.750. The van der Waals surface area contributed by atoms with Gasteiger partial charge in [0.15, 0.2) is 17.3 Å². The van der Waals surface area contributed by atoms with E-state index in [9.17, 15) is 4.79 Å². The van der Waals surface area contributed by atoms with Crippen LogP contribution in [0.25, 0.3) is 0 Å². The molecule has 1 atom stereocenters. The maximum Gasteiger partial charge on any atom is 0.287 e. The fraction of sp³-hybridized carbons (Fsp3) is 0.389. The highest BCUT2D eigenvalue weighted by molar-refractivity contribution is 5.91. The molecule has 1 amide bonds. The largest absolute Gasteiger partial charge is 0.493 e. The standard InChI is InChI=1S/C18H22N2O4.ClH/c1-22-15-4-2-3-5-16(15)23-11-13-8-9-17(24-13)18(21)20-10-14(19)12-6-7-12;/h2-5,8-9,12,14H,6-7,10-11,19H2,1H3,(H,20,21);1H. The van der Waals surface area contributed by atoms with E-state index in [1.807, 2.05) is 24.3 Å². The highest BCUT2D eigenvalue weighted by atomic mass is 35.5. The first kappa shape index (κ1) is 19.1. The molecule has 1 heterocycles. The van der Waals surface area contributed by atoms with Crippen LogP contribution >= 0.6 is 12.4 Å². The Hall–Kier alpha value is -2.18. The summed E-state index contributed by atoms with van der Waals surface area (Å²) in [4.78, 5) is 12.1. The van der Waals surface area contributed by atoms with E-state index >= 15 is 0 Å². The predicted octanol–water partition coefficient (Wildman–Crippen LogP) is 2.76. The molecule has 0 saturated heterocycles. The van der Waals surface area contributed by atoms with Crippen LogP contribution in [-0.4, -0.2) is 25.6 Å². The van der Waals surface area contributed by atoms with Gasteiger partial charge in [0.1, 0.15) is 12.4 Å². The Morgan fingerprint density at radius 2 is 2.00 bits per heavy atom. The lowest BCUT2D eigenvalue weighted by Crippen LogP contribution is -2.38. The van der Waals surface area contributed by atoms with Gasteiger partial charge in [-0.3, -0.25) is 4.79 Å². The Bertz CT molecular complexity index is 700. The smallest absolute Gasteiger partial charge is 0.287 e. The van der Waals surface area contributed by atoms with Crippen LogP contribution in [0.5, 0.6) is 11.5 Å². The summed E-state index contributed by atoms with van der Waals surface area (Å²) in [5, 5.41) is 2.81. The lowest BCUT2D eigenvalue weighted by atomic mass is 10.2. The fourth-order valence-electron chi connectivity index (χ4n) is 2.45. The summed E-state index contributed by atoms with van der Waals surface area (Å²) in [6.45, 7) is 0.687. The molecule has 0 radical (unpaired) electrons. The van der Waals surface area contributed by atoms with E-state index in [4.69, 9.17) is 19.6 Å². The van der Waals surface area contributed by atoms with Crippen molar-refractivity contribution in [3.63, 3.8) is 0 Å². The molecule has 0 spiro atoms. The van der Waals surface area contributed by atoms with Crippen molar-refractivity contribution in [2.75, 3.05) is 13.7 Å². The summed E-state index contributed by atoms with van der Waals surface area (Å²) < 4.78 is 16.4. The lowest BCUT2D eigenvalue weighted by molar-refractivity contribution is 0.0918. The van der Waals surface area contributed by atoms with Crippen molar-refractivity contribution in [1.82, 2.24) is 5.32 Å². The molecule has 2 aromatic rings. The molecule has 3 rings (SSSR count). The number of nitrogens with two attached hydrogens (primary N) is 1. The third-order valence-electron chi connectivity index (χ3n) is 4.05. The van der Waals surface area contributed by atoms with Gasteiger partial charge in [-0.1, -0.05) is 12.1 Å². The average molecular weight is 367 g/mol. The highest BCUT2D eigenvalue weighted by Crippen LogP contribution is 2.31. The Morgan fingerprint density at radius 3 is 2.68 bits per heavy atom. The van der Waals surface area contributed by atoms with Crippen molar-refractivity contribution in [1.29, 1.82) is 0 Å². The molecule has 1 unspecified atom stereocenters. The third kappa shape index (κ3) is 5.14. The number of para-hydroxylation sites is 2. The molecule has 7 heteroatoms. The van der Waals surface area contributed by atoms with Crippen LogP contribution in [0, 0.1) is 5.92 Å². The maximum absolute atomic E-state index is 12.1. The molecule has 1 aromatic heterocycles. The van der Waals surface area contributed by atoms with Crippen LogP contribution in [0.1, 0.15) is 29.2 Å². The topological polar surface area (TPSA) is 86.7 Å². The molecule has 3 N–H and O–H groups in total. The number of furan rings is 1. The van der Waals surface area contributed by atoms with Gasteiger partial charge in [0, 0.05) is 12.6 Å². The Morgan fingerprint density at radius 1 is 1.28 bits per heavy atom. The van der Waals surface area contributed by atoms with E-state index in [2.05, 4.69) is 5.32 Å². The van der Waals surface area contributed by atoms with Crippen LogP contribution < -0.4 is 20.5 Å². The number of rotatable bonds is 8. The number of carbonyl (C=O) groups excluding carboxylic acids is 1. The van der Waals surface area contributed by atoms with E-state index in [0.29, 0.717) is 29.7 Å². The SMILES string of the molecule is COc1ccccc1OCc1ccc(C(=O)NCC(N)C2CC2)o1.Cl. The van der Waals surface area contributed by atoms with Crippen molar-refractivity contribution in [3.05, 3.63) is 47.9 Å². The number of hydrogen-bond acceptors (Lipinski definition) is 5. The van der Waals surface area contributed by atoms with Crippen LogP contribution in [0.2, 0.25) is 0 Å². The second-order valence-electron chi connectivity index (χ2n) is 5.92. The Balaban J connectivity index is 0.00000225. The van der Waals surface area contributed by atoms with Crippen molar-refractivity contribution in [2.24, 2.45) is 11.7 Å². The molecule has 6 nitrogen and oxygen atoms in total. The summed E-state index contributed by atoms with van der Waals surface area (Å²) in [6.07, 6.45) is 2.31. The molecule has 0 aliphatic heterocycles. The number of methoxy groups -OCH3 is 1. The van der Waals surface area contributed by atoms with E-state index in [1.165, 1.54) is 0 Å². The normalized spacial score (nSPS) is 14.3. The highest BCUT2D eigenvalue weighted by Gasteiger charge is 2.28. The molecule has 1 aliphatic rings. The average Bonchev–Trinajstić information content (AvgIpc) is 3.36. The number of hydrogen-bond donors (Lipinski definition) is 2. The molecular weight excluding hydrogens is 344 g/mol. The van der Waals surface area contributed by atoms with Gasteiger partial charge in [0.05, 0.1) is 7.11 Å². The van der Waals surface area contributed by atoms with Crippen molar-refractivity contribution in [3.8, 4) is 11.5 Å². The molecule has 1 aliphatic carbocycles. The van der Waals surface area contributed by atoms with Crippen LogP contribution in [-0.2, 0) is 6.61 Å². The van der Waals surface area contributed by atoms with Gasteiger partial charge in [0.2, 0.25) is 0 Å². The first-order chi connectivity index (χ1) is 11.7. The number of ether oxygens (including phenoxy) is 2. The molecule has 25 heavy (non-hydrogen) atoms. The van der Waals surface area contributed by atoms with Gasteiger partial charge in [-0.25, -0.2) is 0 Å². The van der Waals surface area contributed by atoms with E-state index in [-0.39, 0.29) is 36.7 Å². The van der Waals surface area contributed by atoms with Crippen molar-refractivity contribution >= 4 is 18.3 Å². The monoisotopic (exact) mass is 366 g/mol. The van der Waals surface area contributed by atoms with E-state index in [1.54, 1.807) is 19.2 Å². The summed E-state index contributed by atoms with van der Waals surface area (Å²) >= 11 is 0. The molecular formula is C18H23ClN2O4. The Kier molecular flexibility index (Phi) is 6.73. The molecule has 1 aromatic carbocycles. The lowest BCUT2D eigenvalue weighted by Gasteiger charge is -2.10. The molecule has 0 bridgehead atoms. The zero-order valence-corrected chi connectivity index (χ0v) is 14.9. The predicted molar refractivity (Wildman–Crippen MR) is 96.3 cm³/mol. The third-order valence-corrected chi connectivity index (χ3v) is 4.05. The van der Waals surface area contributed by atoms with Crippen LogP contribution in [0.15, 0.2) is 40.8 Å². The van der Waals surface area contributed by atoms with Crippen molar-refractivity contribution in [2.45, 2.75) is 25.5 Å². The van der Waals surface area contributed by atoms with Gasteiger partial charge >= 0.3 is 0 Å². The number of halogens is 1. The number of amides is 1.